The molecule has 0 atom stereocenters. The fourth-order valence-electron chi connectivity index (χ4n) is 2.02. The number of methoxy groups -OCH3 is 1. The Kier molecular flexibility index (Phi) is 3.93. The van der Waals surface area contributed by atoms with Crippen molar-refractivity contribution in [3.8, 4) is 0 Å². The summed E-state index contributed by atoms with van der Waals surface area (Å²) in [6.07, 6.45) is 3.63. The highest BCUT2D eigenvalue weighted by Gasteiger charge is 2.15. The second-order valence-electron chi connectivity index (χ2n) is 4.54. The van der Waals surface area contributed by atoms with E-state index in [0.29, 0.717) is 17.8 Å². The molecule has 0 saturated heterocycles. The van der Waals surface area contributed by atoms with Gasteiger partial charge in [-0.15, -0.1) is 0 Å². The third-order valence-electron chi connectivity index (χ3n) is 3.20. The van der Waals surface area contributed by atoms with E-state index in [2.05, 4.69) is 4.98 Å². The molecule has 0 amide bonds. The van der Waals surface area contributed by atoms with Gasteiger partial charge >= 0.3 is 5.97 Å². The van der Waals surface area contributed by atoms with Crippen molar-refractivity contribution in [2.45, 2.75) is 6.54 Å². The molecule has 0 aliphatic carbocycles. The zero-order valence-electron chi connectivity index (χ0n) is 11.8. The van der Waals surface area contributed by atoms with Gasteiger partial charge in [0.05, 0.1) is 30.6 Å². The number of para-hydroxylation sites is 1. The van der Waals surface area contributed by atoms with Gasteiger partial charge in [-0.25, -0.2) is 9.78 Å². The minimum absolute atomic E-state index is 0.372. The Morgan fingerprint density at radius 1 is 1.50 bits per heavy atom. The Balaban J connectivity index is 2.28. The van der Waals surface area contributed by atoms with E-state index in [4.69, 9.17) is 10.5 Å². The van der Waals surface area contributed by atoms with Crippen molar-refractivity contribution in [1.82, 2.24) is 9.55 Å². The average Bonchev–Trinajstić information content (AvgIpc) is 2.83. The SMILES string of the molecule is COC(=O)c1cccc(N(C)Cc2nccn2C)c1N. The first kappa shape index (κ1) is 13.9. The van der Waals surface area contributed by atoms with Crippen LogP contribution in [0.15, 0.2) is 30.6 Å². The second kappa shape index (κ2) is 5.64. The van der Waals surface area contributed by atoms with Crippen LogP contribution < -0.4 is 10.6 Å². The summed E-state index contributed by atoms with van der Waals surface area (Å²) in [6.45, 7) is 0.596. The summed E-state index contributed by atoms with van der Waals surface area (Å²) in [4.78, 5) is 17.9. The van der Waals surface area contributed by atoms with Gasteiger partial charge in [0.2, 0.25) is 0 Å². The van der Waals surface area contributed by atoms with Gasteiger partial charge in [0, 0.05) is 26.5 Å². The van der Waals surface area contributed by atoms with Gasteiger partial charge in [-0.1, -0.05) is 6.07 Å². The summed E-state index contributed by atoms with van der Waals surface area (Å²) < 4.78 is 6.66. The van der Waals surface area contributed by atoms with Gasteiger partial charge in [-0.2, -0.15) is 0 Å². The summed E-state index contributed by atoms with van der Waals surface area (Å²) in [6, 6.07) is 5.30. The van der Waals surface area contributed by atoms with Crippen molar-refractivity contribution < 1.29 is 9.53 Å². The molecule has 1 heterocycles. The van der Waals surface area contributed by atoms with Crippen LogP contribution in [0.2, 0.25) is 0 Å². The predicted octanol–water partition coefficient (Wildman–Crippen LogP) is 1.43. The highest BCUT2D eigenvalue weighted by molar-refractivity contribution is 5.98. The molecule has 6 nitrogen and oxygen atoms in total. The Hall–Kier alpha value is -2.50. The van der Waals surface area contributed by atoms with E-state index < -0.39 is 5.97 Å². The Morgan fingerprint density at radius 3 is 2.85 bits per heavy atom. The van der Waals surface area contributed by atoms with Gasteiger partial charge in [-0.05, 0) is 12.1 Å². The van der Waals surface area contributed by atoms with Crippen molar-refractivity contribution in [3.05, 3.63) is 42.0 Å². The van der Waals surface area contributed by atoms with Crippen LogP contribution in [-0.4, -0.2) is 29.7 Å². The minimum atomic E-state index is -0.435. The highest BCUT2D eigenvalue weighted by atomic mass is 16.5. The lowest BCUT2D eigenvalue weighted by Crippen LogP contribution is -2.21. The molecule has 1 aromatic heterocycles. The number of carbonyl (C=O) groups excluding carboxylic acids is 1. The van der Waals surface area contributed by atoms with E-state index in [1.165, 1.54) is 7.11 Å². The molecular weight excluding hydrogens is 256 g/mol. The third-order valence-corrected chi connectivity index (χ3v) is 3.20. The van der Waals surface area contributed by atoms with Gasteiger partial charge in [0.1, 0.15) is 5.82 Å². The van der Waals surface area contributed by atoms with Crippen LogP contribution in [-0.2, 0) is 18.3 Å². The molecule has 2 N–H and O–H groups in total. The van der Waals surface area contributed by atoms with Gasteiger partial charge < -0.3 is 19.9 Å². The maximum Gasteiger partial charge on any atom is 0.340 e. The number of benzene rings is 1. The molecule has 0 saturated carbocycles. The van der Waals surface area contributed by atoms with Crippen LogP contribution >= 0.6 is 0 Å². The zero-order chi connectivity index (χ0) is 14.7. The van der Waals surface area contributed by atoms with Crippen molar-refractivity contribution in [1.29, 1.82) is 0 Å². The first-order valence-electron chi connectivity index (χ1n) is 6.18. The van der Waals surface area contributed by atoms with Gasteiger partial charge in [0.25, 0.3) is 0 Å². The number of esters is 1. The Bertz CT molecular complexity index is 621. The van der Waals surface area contributed by atoms with Crippen molar-refractivity contribution in [2.24, 2.45) is 7.05 Å². The lowest BCUT2D eigenvalue weighted by molar-refractivity contribution is 0.0602. The second-order valence-corrected chi connectivity index (χ2v) is 4.54. The summed E-state index contributed by atoms with van der Waals surface area (Å²) in [7, 11) is 5.18. The number of nitrogens with two attached hydrogens (primary N) is 1. The lowest BCUT2D eigenvalue weighted by Gasteiger charge is -2.21. The molecule has 6 heteroatoms. The standard InChI is InChI=1S/C14H18N4O2/c1-17-8-7-16-12(17)9-18(2)11-6-4-5-10(13(11)15)14(19)20-3/h4-8H,9,15H2,1-3H3. The molecule has 0 aliphatic heterocycles. The molecule has 0 aliphatic rings. The van der Waals surface area contributed by atoms with Crippen LogP contribution in [0.5, 0.6) is 0 Å². The number of anilines is 2. The van der Waals surface area contributed by atoms with E-state index >= 15 is 0 Å². The van der Waals surface area contributed by atoms with Crippen LogP contribution in [0.25, 0.3) is 0 Å². The molecule has 2 rings (SSSR count). The van der Waals surface area contributed by atoms with Crippen molar-refractivity contribution in [2.75, 3.05) is 24.8 Å². The third kappa shape index (κ3) is 2.59. The molecule has 0 spiro atoms. The molecule has 1 aromatic carbocycles. The first-order chi connectivity index (χ1) is 9.54. The molecule has 20 heavy (non-hydrogen) atoms. The van der Waals surface area contributed by atoms with E-state index in [0.717, 1.165) is 11.5 Å². The number of hydrogen-bond donors (Lipinski definition) is 1. The van der Waals surface area contributed by atoms with E-state index in [1.54, 1.807) is 18.3 Å². The largest absolute Gasteiger partial charge is 0.465 e. The summed E-state index contributed by atoms with van der Waals surface area (Å²) in [5.74, 6) is 0.477. The summed E-state index contributed by atoms with van der Waals surface area (Å²) in [5.41, 5.74) is 7.62. The minimum Gasteiger partial charge on any atom is -0.465 e. The van der Waals surface area contributed by atoms with E-state index in [-0.39, 0.29) is 0 Å². The van der Waals surface area contributed by atoms with Gasteiger partial charge in [-0.3, -0.25) is 0 Å². The molecule has 2 aromatic rings. The van der Waals surface area contributed by atoms with Gasteiger partial charge in [0.15, 0.2) is 0 Å². The maximum absolute atomic E-state index is 11.6. The van der Waals surface area contributed by atoms with Crippen LogP contribution in [0.4, 0.5) is 11.4 Å². The number of carbonyl (C=O) groups is 1. The molecule has 0 fully saturated rings. The predicted molar refractivity (Wildman–Crippen MR) is 77.5 cm³/mol. The Labute approximate surface area is 117 Å². The lowest BCUT2D eigenvalue weighted by atomic mass is 10.1. The topological polar surface area (TPSA) is 73.4 Å². The maximum atomic E-state index is 11.6. The number of nitrogen functional groups attached to an aromatic ring is 1. The number of rotatable bonds is 4. The summed E-state index contributed by atoms with van der Waals surface area (Å²) >= 11 is 0. The van der Waals surface area contributed by atoms with Crippen LogP contribution in [0.3, 0.4) is 0 Å². The first-order valence-corrected chi connectivity index (χ1v) is 6.18. The number of hydrogen-bond acceptors (Lipinski definition) is 5. The number of ether oxygens (including phenoxy) is 1. The normalized spacial score (nSPS) is 10.3. The monoisotopic (exact) mass is 274 g/mol. The van der Waals surface area contributed by atoms with E-state index in [9.17, 15) is 4.79 Å². The summed E-state index contributed by atoms with van der Waals surface area (Å²) in [5, 5.41) is 0. The fraction of sp³-hybridized carbons (Fsp3) is 0.286. The van der Waals surface area contributed by atoms with E-state index in [1.807, 2.05) is 35.8 Å². The van der Waals surface area contributed by atoms with Crippen molar-refractivity contribution in [3.63, 3.8) is 0 Å². The smallest absolute Gasteiger partial charge is 0.340 e. The van der Waals surface area contributed by atoms with Crippen LogP contribution in [0.1, 0.15) is 16.2 Å². The number of aromatic nitrogens is 2. The Morgan fingerprint density at radius 2 is 2.25 bits per heavy atom. The molecule has 0 radical (unpaired) electrons. The molecular formula is C14H18N4O2. The van der Waals surface area contributed by atoms with Crippen LogP contribution in [0, 0.1) is 0 Å². The van der Waals surface area contributed by atoms with Crippen molar-refractivity contribution >= 4 is 17.3 Å². The zero-order valence-corrected chi connectivity index (χ0v) is 11.8. The fourth-order valence-corrected chi connectivity index (χ4v) is 2.02. The number of aryl methyl sites for hydroxylation is 1. The molecule has 0 bridgehead atoms. The molecule has 106 valence electrons. The quantitative estimate of drug-likeness (QED) is 0.674. The average molecular weight is 274 g/mol. The number of nitrogens with zero attached hydrogens (tertiary/aromatic N) is 3. The highest BCUT2D eigenvalue weighted by Crippen LogP contribution is 2.27. The number of imidazole rings is 1. The molecule has 0 unspecified atom stereocenters.